The van der Waals surface area contributed by atoms with Crippen molar-refractivity contribution < 1.29 is 14.4 Å². The molecule has 1 aromatic rings. The average molecular weight is 241 g/mol. The maximum atomic E-state index is 10.6. The summed E-state index contributed by atoms with van der Waals surface area (Å²) in [6.45, 7) is 7.09. The maximum absolute atomic E-state index is 10.6. The van der Waals surface area contributed by atoms with Crippen LogP contribution in [0.5, 0.6) is 0 Å². The standard InChI is InChI=1S/C11H19N3O3/c1-4-14(7-11(15)16)6-9-12-10(17-13-9)5-8(2)3/h8H,4-7H2,1-3H3,(H,15,16). The molecule has 0 saturated carbocycles. The van der Waals surface area contributed by atoms with Crippen molar-refractivity contribution in [3.8, 4) is 0 Å². The van der Waals surface area contributed by atoms with Crippen molar-refractivity contribution in [1.29, 1.82) is 0 Å². The monoisotopic (exact) mass is 241 g/mol. The van der Waals surface area contributed by atoms with Crippen LogP contribution in [0, 0.1) is 5.92 Å². The van der Waals surface area contributed by atoms with Crippen LogP contribution in [-0.4, -0.2) is 39.2 Å². The first-order valence-electron chi connectivity index (χ1n) is 5.76. The molecule has 0 fully saturated rings. The predicted octanol–water partition coefficient (Wildman–Crippen LogP) is 1.17. The van der Waals surface area contributed by atoms with Gasteiger partial charge in [0.05, 0.1) is 13.1 Å². The van der Waals surface area contributed by atoms with Gasteiger partial charge in [0.1, 0.15) is 0 Å². The van der Waals surface area contributed by atoms with Crippen LogP contribution < -0.4 is 0 Å². The lowest BCUT2D eigenvalue weighted by molar-refractivity contribution is -0.138. The molecule has 1 aromatic heterocycles. The molecule has 0 bridgehead atoms. The summed E-state index contributed by atoms with van der Waals surface area (Å²) in [6.07, 6.45) is 0.748. The molecule has 0 aromatic carbocycles. The smallest absolute Gasteiger partial charge is 0.317 e. The topological polar surface area (TPSA) is 79.5 Å². The highest BCUT2D eigenvalue weighted by molar-refractivity contribution is 5.69. The molecule has 0 radical (unpaired) electrons. The van der Waals surface area contributed by atoms with Gasteiger partial charge in [-0.05, 0) is 12.5 Å². The quantitative estimate of drug-likeness (QED) is 0.772. The molecule has 6 nitrogen and oxygen atoms in total. The molecular formula is C11H19N3O3. The maximum Gasteiger partial charge on any atom is 0.317 e. The number of carboxylic acids is 1. The van der Waals surface area contributed by atoms with Crippen molar-refractivity contribution in [2.45, 2.75) is 33.7 Å². The zero-order chi connectivity index (χ0) is 12.8. The van der Waals surface area contributed by atoms with Gasteiger partial charge < -0.3 is 9.63 Å². The summed E-state index contributed by atoms with van der Waals surface area (Å²) in [5, 5.41) is 12.6. The largest absolute Gasteiger partial charge is 0.480 e. The summed E-state index contributed by atoms with van der Waals surface area (Å²) < 4.78 is 5.09. The first-order valence-corrected chi connectivity index (χ1v) is 5.76. The van der Waals surface area contributed by atoms with E-state index in [4.69, 9.17) is 9.63 Å². The molecule has 6 heteroatoms. The van der Waals surface area contributed by atoms with Crippen LogP contribution in [0.25, 0.3) is 0 Å². The van der Waals surface area contributed by atoms with Crippen molar-refractivity contribution in [3.05, 3.63) is 11.7 Å². The number of aromatic nitrogens is 2. The fourth-order valence-electron chi connectivity index (χ4n) is 1.46. The van der Waals surface area contributed by atoms with Gasteiger partial charge in [0.15, 0.2) is 5.82 Å². The Hall–Kier alpha value is -1.43. The second kappa shape index (κ2) is 6.34. The Balaban J connectivity index is 2.54. The Kier molecular flexibility index (Phi) is 5.09. The molecule has 1 N–H and O–H groups in total. The molecule has 0 aliphatic rings. The summed E-state index contributed by atoms with van der Waals surface area (Å²) in [5.41, 5.74) is 0. The number of carbonyl (C=O) groups is 1. The molecule has 0 saturated heterocycles. The number of hydrogen-bond acceptors (Lipinski definition) is 5. The fourth-order valence-corrected chi connectivity index (χ4v) is 1.46. The summed E-state index contributed by atoms with van der Waals surface area (Å²) >= 11 is 0. The zero-order valence-electron chi connectivity index (χ0n) is 10.5. The lowest BCUT2D eigenvalue weighted by Gasteiger charge is -2.14. The van der Waals surface area contributed by atoms with Gasteiger partial charge in [-0.15, -0.1) is 0 Å². The van der Waals surface area contributed by atoms with E-state index in [1.807, 2.05) is 6.92 Å². The van der Waals surface area contributed by atoms with Crippen molar-refractivity contribution in [2.24, 2.45) is 5.92 Å². The molecule has 0 atom stereocenters. The molecule has 96 valence electrons. The summed E-state index contributed by atoms with van der Waals surface area (Å²) in [5.74, 6) is 0.771. The lowest BCUT2D eigenvalue weighted by Crippen LogP contribution is -2.29. The Morgan fingerprint density at radius 1 is 1.53 bits per heavy atom. The van der Waals surface area contributed by atoms with Gasteiger partial charge in [0.25, 0.3) is 0 Å². The van der Waals surface area contributed by atoms with Gasteiger partial charge in [-0.2, -0.15) is 4.98 Å². The van der Waals surface area contributed by atoms with Gasteiger partial charge in [-0.25, -0.2) is 0 Å². The molecule has 1 heterocycles. The van der Waals surface area contributed by atoms with Crippen LogP contribution in [-0.2, 0) is 17.8 Å². The van der Waals surface area contributed by atoms with Crippen molar-refractivity contribution in [2.75, 3.05) is 13.1 Å². The summed E-state index contributed by atoms with van der Waals surface area (Å²) in [4.78, 5) is 16.6. The highest BCUT2D eigenvalue weighted by atomic mass is 16.5. The number of aliphatic carboxylic acids is 1. The normalized spacial score (nSPS) is 11.4. The highest BCUT2D eigenvalue weighted by Crippen LogP contribution is 2.07. The Bertz CT molecular complexity index is 363. The van der Waals surface area contributed by atoms with Gasteiger partial charge in [0.2, 0.25) is 5.89 Å². The fraction of sp³-hybridized carbons (Fsp3) is 0.727. The van der Waals surface area contributed by atoms with Crippen molar-refractivity contribution >= 4 is 5.97 Å². The molecule has 0 spiro atoms. The summed E-state index contributed by atoms with van der Waals surface area (Å²) in [6, 6.07) is 0. The summed E-state index contributed by atoms with van der Waals surface area (Å²) in [7, 11) is 0. The Labute approximate surface area is 101 Å². The second-order valence-electron chi connectivity index (χ2n) is 4.40. The molecule has 1 rings (SSSR count). The van der Waals surface area contributed by atoms with Crippen molar-refractivity contribution in [1.82, 2.24) is 15.0 Å². The van der Waals surface area contributed by atoms with Gasteiger partial charge >= 0.3 is 5.97 Å². The third-order valence-corrected chi connectivity index (χ3v) is 2.26. The van der Waals surface area contributed by atoms with E-state index in [2.05, 4.69) is 24.0 Å². The molecular weight excluding hydrogens is 222 g/mol. The molecule has 0 aliphatic heterocycles. The van der Waals surface area contributed by atoms with E-state index in [1.165, 1.54) is 0 Å². The van der Waals surface area contributed by atoms with Gasteiger partial charge in [-0.3, -0.25) is 9.69 Å². The Morgan fingerprint density at radius 2 is 2.24 bits per heavy atom. The van der Waals surface area contributed by atoms with Crippen LogP contribution in [0.4, 0.5) is 0 Å². The van der Waals surface area contributed by atoms with Crippen LogP contribution >= 0.6 is 0 Å². The first-order chi connectivity index (χ1) is 8.01. The van der Waals surface area contributed by atoms with Crippen LogP contribution in [0.15, 0.2) is 4.52 Å². The van der Waals surface area contributed by atoms with E-state index in [1.54, 1.807) is 4.90 Å². The van der Waals surface area contributed by atoms with Crippen molar-refractivity contribution in [3.63, 3.8) is 0 Å². The minimum atomic E-state index is -0.849. The molecule has 0 amide bonds. The molecule has 0 aliphatic carbocycles. The zero-order valence-corrected chi connectivity index (χ0v) is 10.5. The van der Waals surface area contributed by atoms with Crippen LogP contribution in [0.1, 0.15) is 32.5 Å². The molecule has 0 unspecified atom stereocenters. The van der Waals surface area contributed by atoms with E-state index in [-0.39, 0.29) is 6.54 Å². The Morgan fingerprint density at radius 3 is 2.76 bits per heavy atom. The number of carboxylic acid groups (broad SMARTS) is 1. The first kappa shape index (κ1) is 13.6. The third kappa shape index (κ3) is 4.95. The van der Waals surface area contributed by atoms with Gasteiger partial charge in [-0.1, -0.05) is 25.9 Å². The van der Waals surface area contributed by atoms with E-state index in [0.29, 0.717) is 30.7 Å². The second-order valence-corrected chi connectivity index (χ2v) is 4.40. The SMILES string of the molecule is CCN(CC(=O)O)Cc1noc(CC(C)C)n1. The number of rotatable bonds is 7. The third-order valence-electron chi connectivity index (χ3n) is 2.26. The van der Waals surface area contributed by atoms with Crippen LogP contribution in [0.3, 0.4) is 0 Å². The predicted molar refractivity (Wildman–Crippen MR) is 61.4 cm³/mol. The average Bonchev–Trinajstić information content (AvgIpc) is 2.62. The van der Waals surface area contributed by atoms with E-state index >= 15 is 0 Å². The minimum Gasteiger partial charge on any atom is -0.480 e. The van der Waals surface area contributed by atoms with Gasteiger partial charge in [0, 0.05) is 6.42 Å². The van der Waals surface area contributed by atoms with E-state index in [9.17, 15) is 4.79 Å². The molecule has 17 heavy (non-hydrogen) atoms. The minimum absolute atomic E-state index is 0.00937. The van der Waals surface area contributed by atoms with E-state index < -0.39 is 5.97 Å². The highest BCUT2D eigenvalue weighted by Gasteiger charge is 2.13. The van der Waals surface area contributed by atoms with E-state index in [0.717, 1.165) is 6.42 Å². The van der Waals surface area contributed by atoms with Crippen LogP contribution in [0.2, 0.25) is 0 Å². The number of likely N-dealkylation sites (N-methyl/N-ethyl adjacent to an activating group) is 1. The number of nitrogens with zero attached hydrogens (tertiary/aromatic N) is 3. The lowest BCUT2D eigenvalue weighted by atomic mass is 10.1. The number of hydrogen-bond donors (Lipinski definition) is 1.